The topological polar surface area (TPSA) is 40.5 Å². The maximum atomic E-state index is 12.2. The Hall–Kier alpha value is -3.01. The number of rotatable bonds is 3. The summed E-state index contributed by atoms with van der Waals surface area (Å²) in [6, 6.07) is 19.1. The zero-order valence-corrected chi connectivity index (χ0v) is 12.4. The first kappa shape index (κ1) is 13.6. The lowest BCUT2D eigenvalue weighted by atomic mass is 10.2. The molecule has 4 nitrogen and oxygen atoms in total. The van der Waals surface area contributed by atoms with E-state index in [4.69, 9.17) is 9.47 Å². The van der Waals surface area contributed by atoms with Crippen molar-refractivity contribution in [3.63, 3.8) is 0 Å². The molecule has 0 spiro atoms. The molecule has 0 bridgehead atoms. The van der Waals surface area contributed by atoms with E-state index in [0.29, 0.717) is 19.0 Å². The highest BCUT2D eigenvalue weighted by atomic mass is 16.5. The number of hydrogen-bond acceptors (Lipinski definition) is 3. The third-order valence-electron chi connectivity index (χ3n) is 3.83. The summed E-state index contributed by atoms with van der Waals surface area (Å²) in [5.74, 6) is 1.15. The number of ether oxygens (including phenoxy) is 2. The Bertz CT molecular complexity index is 900. The Labute approximate surface area is 133 Å². The van der Waals surface area contributed by atoms with Crippen LogP contribution in [0.1, 0.15) is 11.3 Å². The first-order valence-electron chi connectivity index (χ1n) is 7.46. The summed E-state index contributed by atoms with van der Waals surface area (Å²) in [6.07, 6.45) is 1.75. The number of para-hydroxylation sites is 2. The Morgan fingerprint density at radius 2 is 1.83 bits per heavy atom. The van der Waals surface area contributed by atoms with E-state index in [9.17, 15) is 4.79 Å². The van der Waals surface area contributed by atoms with E-state index < -0.39 is 0 Å². The molecule has 1 aromatic heterocycles. The number of benzene rings is 2. The van der Waals surface area contributed by atoms with Gasteiger partial charge < -0.3 is 14.0 Å². The van der Waals surface area contributed by atoms with E-state index in [0.717, 1.165) is 22.7 Å². The highest BCUT2D eigenvalue weighted by Crippen LogP contribution is 2.29. The van der Waals surface area contributed by atoms with Gasteiger partial charge in [0.15, 0.2) is 5.75 Å². The van der Waals surface area contributed by atoms with Crippen LogP contribution in [0.2, 0.25) is 0 Å². The summed E-state index contributed by atoms with van der Waals surface area (Å²) >= 11 is 0. The predicted molar refractivity (Wildman–Crippen MR) is 87.1 cm³/mol. The molecule has 0 atom stereocenters. The van der Waals surface area contributed by atoms with Crippen molar-refractivity contribution in [2.75, 3.05) is 0 Å². The molecule has 2 heterocycles. The fraction of sp³-hybridized carbons (Fsp3) is 0.105. The van der Waals surface area contributed by atoms with Crippen LogP contribution >= 0.6 is 0 Å². The van der Waals surface area contributed by atoms with Crippen LogP contribution in [0.15, 0.2) is 71.7 Å². The fourth-order valence-electron chi connectivity index (χ4n) is 2.66. The highest BCUT2D eigenvalue weighted by molar-refractivity contribution is 5.50. The van der Waals surface area contributed by atoms with Gasteiger partial charge in [0.25, 0.3) is 0 Å². The monoisotopic (exact) mass is 305 g/mol. The van der Waals surface area contributed by atoms with Crippen molar-refractivity contribution in [2.24, 2.45) is 0 Å². The molecule has 0 unspecified atom stereocenters. The largest absolute Gasteiger partial charge is 0.485 e. The fourth-order valence-corrected chi connectivity index (χ4v) is 2.66. The van der Waals surface area contributed by atoms with Gasteiger partial charge in [0.2, 0.25) is 5.43 Å². The van der Waals surface area contributed by atoms with Gasteiger partial charge in [0.1, 0.15) is 19.0 Å². The predicted octanol–water partition coefficient (Wildman–Crippen LogP) is 3.31. The summed E-state index contributed by atoms with van der Waals surface area (Å²) in [6.45, 7) is 0.749. The number of pyridine rings is 1. The maximum absolute atomic E-state index is 12.2. The molecule has 1 aliphatic heterocycles. The lowest BCUT2D eigenvalue weighted by molar-refractivity contribution is 0.277. The molecule has 1 aliphatic rings. The molecule has 0 aliphatic carbocycles. The number of fused-ring (bicyclic) bond motifs is 3. The van der Waals surface area contributed by atoms with Gasteiger partial charge in [0, 0.05) is 6.07 Å². The second kappa shape index (κ2) is 5.65. The van der Waals surface area contributed by atoms with Crippen molar-refractivity contribution in [3.05, 3.63) is 88.3 Å². The van der Waals surface area contributed by atoms with Crippen LogP contribution in [0.3, 0.4) is 0 Å². The van der Waals surface area contributed by atoms with Crippen molar-refractivity contribution in [1.82, 2.24) is 4.57 Å². The van der Waals surface area contributed by atoms with Crippen LogP contribution < -0.4 is 14.9 Å². The molecular weight excluding hydrogens is 290 g/mol. The van der Waals surface area contributed by atoms with Crippen molar-refractivity contribution < 1.29 is 9.47 Å². The van der Waals surface area contributed by atoms with Gasteiger partial charge in [-0.1, -0.05) is 42.5 Å². The first-order valence-corrected chi connectivity index (χ1v) is 7.46. The third-order valence-corrected chi connectivity index (χ3v) is 3.83. The minimum atomic E-state index is -0.129. The van der Waals surface area contributed by atoms with E-state index in [1.165, 1.54) is 0 Å². The highest BCUT2D eigenvalue weighted by Gasteiger charge is 2.17. The molecule has 3 aromatic rings. The van der Waals surface area contributed by atoms with Crippen LogP contribution in [0.25, 0.3) is 5.69 Å². The second-order valence-electron chi connectivity index (χ2n) is 5.39. The zero-order valence-electron chi connectivity index (χ0n) is 12.4. The number of hydrogen-bond donors (Lipinski definition) is 0. The number of nitrogens with zero attached hydrogens (tertiary/aromatic N) is 1. The molecular formula is C19H15NO3. The number of aromatic nitrogens is 1. The molecule has 0 N–H and O–H groups in total. The van der Waals surface area contributed by atoms with Crippen LogP contribution in [0, 0.1) is 0 Å². The molecule has 4 rings (SSSR count). The summed E-state index contributed by atoms with van der Waals surface area (Å²) in [7, 11) is 0. The van der Waals surface area contributed by atoms with E-state index >= 15 is 0 Å². The van der Waals surface area contributed by atoms with Crippen molar-refractivity contribution >= 4 is 0 Å². The van der Waals surface area contributed by atoms with Crippen molar-refractivity contribution in [3.8, 4) is 17.2 Å². The summed E-state index contributed by atoms with van der Waals surface area (Å²) < 4.78 is 13.4. The maximum Gasteiger partial charge on any atom is 0.223 e. The van der Waals surface area contributed by atoms with Crippen LogP contribution in [-0.4, -0.2) is 4.57 Å². The SMILES string of the molecule is O=c1cc2n(cc1OCc1ccccc1)-c1ccccc1OC2. The summed E-state index contributed by atoms with van der Waals surface area (Å²) in [4.78, 5) is 12.2. The Kier molecular flexibility index (Phi) is 3.35. The van der Waals surface area contributed by atoms with Gasteiger partial charge in [-0.3, -0.25) is 4.79 Å². The minimum absolute atomic E-state index is 0.129. The lowest BCUT2D eigenvalue weighted by Gasteiger charge is -2.23. The minimum Gasteiger partial charge on any atom is -0.485 e. The standard InChI is InChI=1S/C19H15NO3/c21-17-10-15-13-23-18-9-5-4-8-16(18)20(15)11-19(17)22-12-14-6-2-1-3-7-14/h1-11H,12-13H2. The zero-order chi connectivity index (χ0) is 15.6. The molecule has 0 saturated carbocycles. The second-order valence-corrected chi connectivity index (χ2v) is 5.39. The van der Waals surface area contributed by atoms with Gasteiger partial charge >= 0.3 is 0 Å². The van der Waals surface area contributed by atoms with Gasteiger partial charge in [-0.25, -0.2) is 0 Å². The summed E-state index contributed by atoms with van der Waals surface area (Å²) in [5.41, 5.74) is 2.63. The normalized spacial score (nSPS) is 12.0. The molecule has 23 heavy (non-hydrogen) atoms. The average molecular weight is 305 g/mol. The third kappa shape index (κ3) is 2.59. The van der Waals surface area contributed by atoms with E-state index in [1.807, 2.05) is 59.2 Å². The van der Waals surface area contributed by atoms with E-state index in [1.54, 1.807) is 12.3 Å². The average Bonchev–Trinajstić information content (AvgIpc) is 2.61. The molecule has 0 fully saturated rings. The molecule has 0 amide bonds. The summed E-state index contributed by atoms with van der Waals surface area (Å²) in [5, 5.41) is 0. The first-order chi connectivity index (χ1) is 11.3. The molecule has 2 aromatic carbocycles. The van der Waals surface area contributed by atoms with Gasteiger partial charge in [-0.2, -0.15) is 0 Å². The molecule has 0 saturated heterocycles. The van der Waals surface area contributed by atoms with Gasteiger partial charge in [0.05, 0.1) is 17.6 Å². The Morgan fingerprint density at radius 1 is 1.04 bits per heavy atom. The molecule has 114 valence electrons. The van der Waals surface area contributed by atoms with Crippen LogP contribution in [0.4, 0.5) is 0 Å². The van der Waals surface area contributed by atoms with Crippen LogP contribution in [-0.2, 0) is 13.2 Å². The lowest BCUT2D eigenvalue weighted by Crippen LogP contribution is -2.19. The van der Waals surface area contributed by atoms with Crippen LogP contribution in [0.5, 0.6) is 11.5 Å². The Morgan fingerprint density at radius 3 is 2.70 bits per heavy atom. The van der Waals surface area contributed by atoms with E-state index in [2.05, 4.69) is 0 Å². The molecule has 4 heteroatoms. The van der Waals surface area contributed by atoms with E-state index in [-0.39, 0.29) is 5.43 Å². The Balaban J connectivity index is 1.69. The quantitative estimate of drug-likeness (QED) is 0.745. The van der Waals surface area contributed by atoms with Gasteiger partial charge in [-0.15, -0.1) is 0 Å². The van der Waals surface area contributed by atoms with Crippen molar-refractivity contribution in [2.45, 2.75) is 13.2 Å². The molecule has 0 radical (unpaired) electrons. The van der Waals surface area contributed by atoms with Gasteiger partial charge in [-0.05, 0) is 17.7 Å². The smallest absolute Gasteiger partial charge is 0.223 e. The van der Waals surface area contributed by atoms with Crippen molar-refractivity contribution in [1.29, 1.82) is 0 Å².